The van der Waals surface area contributed by atoms with E-state index in [-0.39, 0.29) is 31.1 Å². The summed E-state index contributed by atoms with van der Waals surface area (Å²) in [6.45, 7) is 6.69. The van der Waals surface area contributed by atoms with E-state index in [2.05, 4.69) is 45.1 Å². The molecule has 0 aromatic heterocycles. The zero-order valence-corrected chi connectivity index (χ0v) is 54.4. The molecule has 0 amide bonds. The van der Waals surface area contributed by atoms with Crippen LogP contribution >= 0.6 is 0 Å². The largest absolute Gasteiger partial charge is 0.462 e. The minimum absolute atomic E-state index is 0.0631. The van der Waals surface area contributed by atoms with Gasteiger partial charge in [0.2, 0.25) is 0 Å². The average molecular weight is 1130 g/mol. The van der Waals surface area contributed by atoms with Crippen LogP contribution in [0, 0.1) is 0 Å². The van der Waals surface area contributed by atoms with Crippen molar-refractivity contribution < 1.29 is 28.6 Å². The first-order valence-corrected chi connectivity index (χ1v) is 36.3. The Bertz CT molecular complexity index is 1290. The summed E-state index contributed by atoms with van der Waals surface area (Å²) < 4.78 is 16.9. The fourth-order valence-electron chi connectivity index (χ4n) is 11.2. The second-order valence-corrected chi connectivity index (χ2v) is 24.9. The third kappa shape index (κ3) is 66.7. The van der Waals surface area contributed by atoms with Gasteiger partial charge in [-0.25, -0.2) is 0 Å². The normalized spacial score (nSPS) is 12.1. The monoisotopic (exact) mass is 1130 g/mol. The van der Waals surface area contributed by atoms with Crippen molar-refractivity contribution in [1.29, 1.82) is 0 Å². The van der Waals surface area contributed by atoms with Gasteiger partial charge in [-0.3, -0.25) is 14.4 Å². The molecule has 0 aromatic carbocycles. The van der Waals surface area contributed by atoms with E-state index < -0.39 is 6.10 Å². The molecule has 0 radical (unpaired) electrons. The van der Waals surface area contributed by atoms with E-state index in [0.29, 0.717) is 19.3 Å². The fourth-order valence-corrected chi connectivity index (χ4v) is 11.2. The smallest absolute Gasteiger partial charge is 0.306 e. The molecular weight excluding hydrogens is 985 g/mol. The summed E-state index contributed by atoms with van der Waals surface area (Å²) in [6, 6.07) is 0. The average Bonchev–Trinajstić information content (AvgIpc) is 3.46. The molecule has 1 atom stereocenters. The molecule has 0 aliphatic carbocycles. The standard InChI is InChI=1S/C74H140O6/c1-4-7-10-13-16-19-21-23-25-27-29-31-32-33-34-35-36-37-38-39-40-41-42-43-45-46-48-50-52-55-58-61-64-67-73(76)79-70-71(69-78-72(75)66-63-60-57-54-18-15-12-9-6-3)80-74(77)68-65-62-59-56-53-51-49-47-44-30-28-26-24-22-20-17-14-11-8-5-2/h21,23,27,29,71H,4-20,22,24-26,28,30-70H2,1-3H3/b23-21-,29-27-. The molecule has 1 unspecified atom stereocenters. The number of carbonyl (C=O) groups is 3. The summed E-state index contributed by atoms with van der Waals surface area (Å²) in [5.41, 5.74) is 0. The van der Waals surface area contributed by atoms with Gasteiger partial charge in [-0.2, -0.15) is 0 Å². The Morgan fingerprint density at radius 2 is 0.450 bits per heavy atom. The van der Waals surface area contributed by atoms with Crippen LogP contribution in [-0.4, -0.2) is 37.2 Å². The zero-order valence-electron chi connectivity index (χ0n) is 54.4. The highest BCUT2D eigenvalue weighted by Crippen LogP contribution is 2.19. The van der Waals surface area contributed by atoms with Gasteiger partial charge in [0.1, 0.15) is 13.2 Å². The number of rotatable bonds is 68. The van der Waals surface area contributed by atoms with Gasteiger partial charge >= 0.3 is 17.9 Å². The van der Waals surface area contributed by atoms with E-state index in [1.165, 1.54) is 308 Å². The minimum atomic E-state index is -0.765. The van der Waals surface area contributed by atoms with Crippen LogP contribution in [0.5, 0.6) is 0 Å². The van der Waals surface area contributed by atoms with Crippen LogP contribution in [0.1, 0.15) is 412 Å². The highest BCUT2D eigenvalue weighted by atomic mass is 16.6. The Kier molecular flexibility index (Phi) is 67.6. The van der Waals surface area contributed by atoms with Crippen molar-refractivity contribution in [3.05, 3.63) is 24.3 Å². The number of carbonyl (C=O) groups excluding carboxylic acids is 3. The molecule has 0 aliphatic heterocycles. The van der Waals surface area contributed by atoms with Gasteiger partial charge in [0, 0.05) is 19.3 Å². The molecule has 0 saturated heterocycles. The van der Waals surface area contributed by atoms with Gasteiger partial charge in [0.15, 0.2) is 6.10 Å². The molecule has 472 valence electrons. The van der Waals surface area contributed by atoms with Crippen LogP contribution < -0.4 is 0 Å². The second kappa shape index (κ2) is 69.4. The summed E-state index contributed by atoms with van der Waals surface area (Å²) in [4.78, 5) is 38.3. The minimum Gasteiger partial charge on any atom is -0.462 e. The van der Waals surface area contributed by atoms with Crippen molar-refractivity contribution in [3.8, 4) is 0 Å². The molecule has 0 rings (SSSR count). The Morgan fingerprint density at radius 1 is 0.250 bits per heavy atom. The molecule has 80 heavy (non-hydrogen) atoms. The summed E-state index contributed by atoms with van der Waals surface area (Å²) >= 11 is 0. The van der Waals surface area contributed by atoms with Crippen LogP contribution in [0.4, 0.5) is 0 Å². The van der Waals surface area contributed by atoms with Gasteiger partial charge < -0.3 is 14.2 Å². The summed E-state index contributed by atoms with van der Waals surface area (Å²) in [5, 5.41) is 0. The Hall–Kier alpha value is -2.11. The SMILES string of the molecule is CCCCCCC/C=C\C/C=C\CCCCCCCCCCCCCCCCCCCCCCCC(=O)OCC(COC(=O)CCCCCCCCCCC)OC(=O)CCCCCCCCCCCCCCCCCCCCCC. The number of hydrogen-bond donors (Lipinski definition) is 0. The van der Waals surface area contributed by atoms with Crippen molar-refractivity contribution >= 4 is 17.9 Å². The highest BCUT2D eigenvalue weighted by Gasteiger charge is 2.19. The molecule has 0 saturated carbocycles. The maximum absolute atomic E-state index is 12.9. The van der Waals surface area contributed by atoms with Crippen molar-refractivity contribution in [2.45, 2.75) is 419 Å². The Balaban J connectivity index is 4.01. The third-order valence-electron chi connectivity index (χ3n) is 16.7. The van der Waals surface area contributed by atoms with Gasteiger partial charge in [-0.1, -0.05) is 366 Å². The Labute approximate surface area is 500 Å². The highest BCUT2D eigenvalue weighted by molar-refractivity contribution is 5.71. The molecule has 0 aliphatic rings. The van der Waals surface area contributed by atoms with E-state index in [1.807, 2.05) is 0 Å². The molecule has 6 heteroatoms. The van der Waals surface area contributed by atoms with Crippen molar-refractivity contribution in [1.82, 2.24) is 0 Å². The molecule has 0 heterocycles. The number of unbranched alkanes of at least 4 members (excludes halogenated alkanes) is 53. The second-order valence-electron chi connectivity index (χ2n) is 24.9. The fraction of sp³-hybridized carbons (Fsp3) is 0.905. The van der Waals surface area contributed by atoms with Crippen LogP contribution in [0.15, 0.2) is 24.3 Å². The van der Waals surface area contributed by atoms with Gasteiger partial charge in [-0.05, 0) is 51.4 Å². The maximum Gasteiger partial charge on any atom is 0.306 e. The lowest BCUT2D eigenvalue weighted by molar-refractivity contribution is -0.167. The topological polar surface area (TPSA) is 78.9 Å². The first kappa shape index (κ1) is 77.9. The van der Waals surface area contributed by atoms with E-state index in [4.69, 9.17) is 14.2 Å². The van der Waals surface area contributed by atoms with E-state index in [1.54, 1.807) is 0 Å². The van der Waals surface area contributed by atoms with Crippen molar-refractivity contribution in [3.63, 3.8) is 0 Å². The maximum atomic E-state index is 12.9. The van der Waals surface area contributed by atoms with E-state index >= 15 is 0 Å². The van der Waals surface area contributed by atoms with Crippen LogP contribution in [0.3, 0.4) is 0 Å². The number of allylic oxidation sites excluding steroid dienone is 4. The Morgan fingerprint density at radius 3 is 0.688 bits per heavy atom. The quantitative estimate of drug-likeness (QED) is 0.0261. The summed E-state index contributed by atoms with van der Waals surface area (Å²) in [6.07, 6.45) is 85.3. The van der Waals surface area contributed by atoms with Crippen LogP contribution in [0.25, 0.3) is 0 Å². The summed E-state index contributed by atoms with van der Waals surface area (Å²) in [7, 11) is 0. The molecule has 0 fully saturated rings. The van der Waals surface area contributed by atoms with Gasteiger partial charge in [0.05, 0.1) is 0 Å². The molecule has 0 N–H and O–H groups in total. The lowest BCUT2D eigenvalue weighted by Crippen LogP contribution is -2.30. The van der Waals surface area contributed by atoms with E-state index in [9.17, 15) is 14.4 Å². The molecule has 0 spiro atoms. The molecule has 0 aromatic rings. The van der Waals surface area contributed by atoms with Crippen molar-refractivity contribution in [2.24, 2.45) is 0 Å². The van der Waals surface area contributed by atoms with Crippen LogP contribution in [0.2, 0.25) is 0 Å². The zero-order chi connectivity index (χ0) is 57.8. The summed E-state index contributed by atoms with van der Waals surface area (Å²) in [5.74, 6) is -0.833. The van der Waals surface area contributed by atoms with Gasteiger partial charge in [0.25, 0.3) is 0 Å². The van der Waals surface area contributed by atoms with Crippen molar-refractivity contribution in [2.75, 3.05) is 13.2 Å². The van der Waals surface area contributed by atoms with Gasteiger partial charge in [-0.15, -0.1) is 0 Å². The molecule has 0 bridgehead atoms. The predicted molar refractivity (Wildman–Crippen MR) is 349 cm³/mol. The first-order valence-electron chi connectivity index (χ1n) is 36.3. The number of hydrogen-bond acceptors (Lipinski definition) is 6. The molecular formula is C74H140O6. The lowest BCUT2D eigenvalue weighted by atomic mass is 10.0. The first-order chi connectivity index (χ1) is 39.5. The van der Waals surface area contributed by atoms with E-state index in [0.717, 1.165) is 64.2 Å². The predicted octanol–water partition coefficient (Wildman–Crippen LogP) is 25.0. The lowest BCUT2D eigenvalue weighted by Gasteiger charge is -2.18. The van der Waals surface area contributed by atoms with Crippen LogP contribution in [-0.2, 0) is 28.6 Å². The number of esters is 3. The number of ether oxygens (including phenoxy) is 3. The third-order valence-corrected chi connectivity index (χ3v) is 16.7. The molecule has 6 nitrogen and oxygen atoms in total.